The third-order valence-electron chi connectivity index (χ3n) is 11.4. The molecule has 0 aliphatic heterocycles. The van der Waals surface area contributed by atoms with E-state index >= 15 is 0 Å². The minimum atomic E-state index is 0.949. The lowest BCUT2D eigenvalue weighted by Gasteiger charge is -2.12. The Morgan fingerprint density at radius 2 is 0.754 bits per heavy atom. The van der Waals surface area contributed by atoms with Gasteiger partial charge in [-0.15, -0.1) is 0 Å². The molecular formula is C54H37N3. The van der Waals surface area contributed by atoms with Gasteiger partial charge in [-0.25, -0.2) is 4.98 Å². The average molecular weight is 728 g/mol. The van der Waals surface area contributed by atoms with Crippen molar-refractivity contribution < 1.29 is 0 Å². The van der Waals surface area contributed by atoms with Crippen molar-refractivity contribution in [2.24, 2.45) is 0 Å². The Kier molecular flexibility index (Phi) is 7.71. The summed E-state index contributed by atoms with van der Waals surface area (Å²) in [7, 11) is 0. The van der Waals surface area contributed by atoms with Crippen molar-refractivity contribution in [1.82, 2.24) is 14.1 Å². The molecule has 3 heteroatoms. The zero-order chi connectivity index (χ0) is 37.9. The molecule has 0 amide bonds. The van der Waals surface area contributed by atoms with Crippen LogP contribution in [0.2, 0.25) is 0 Å². The Hall–Kier alpha value is -7.49. The fourth-order valence-electron chi connectivity index (χ4n) is 8.57. The number of aromatic nitrogens is 3. The van der Waals surface area contributed by atoms with Gasteiger partial charge in [0.15, 0.2) is 0 Å². The van der Waals surface area contributed by atoms with Crippen LogP contribution in [-0.2, 0) is 0 Å². The Balaban J connectivity index is 1.03. The molecule has 8 aromatic carbocycles. The molecule has 3 aromatic heterocycles. The first-order chi connectivity index (χ1) is 28.2. The number of fused-ring (bicyclic) bond motifs is 6. The van der Waals surface area contributed by atoms with Crippen LogP contribution in [-0.4, -0.2) is 14.1 Å². The normalized spacial score (nSPS) is 11.6. The Morgan fingerprint density at radius 3 is 1.42 bits per heavy atom. The fourth-order valence-corrected chi connectivity index (χ4v) is 8.57. The maximum absolute atomic E-state index is 5.19. The number of para-hydroxylation sites is 2. The molecule has 0 fully saturated rings. The first kappa shape index (κ1) is 32.9. The Morgan fingerprint density at radius 1 is 0.298 bits per heavy atom. The van der Waals surface area contributed by atoms with Gasteiger partial charge in [0, 0.05) is 44.0 Å². The summed E-state index contributed by atoms with van der Waals surface area (Å²) in [5.74, 6) is 0. The lowest BCUT2D eigenvalue weighted by molar-refractivity contribution is 1.17. The van der Waals surface area contributed by atoms with Crippen LogP contribution in [0.25, 0.3) is 99.8 Å². The van der Waals surface area contributed by atoms with Gasteiger partial charge in [-0.3, -0.25) is 0 Å². The molecule has 0 unspecified atom stereocenters. The van der Waals surface area contributed by atoms with E-state index in [0.717, 1.165) is 33.8 Å². The molecule has 0 bridgehead atoms. The molecule has 0 spiro atoms. The highest BCUT2D eigenvalue weighted by Gasteiger charge is 2.17. The van der Waals surface area contributed by atoms with Gasteiger partial charge in [0.25, 0.3) is 0 Å². The van der Waals surface area contributed by atoms with Crippen molar-refractivity contribution in [3.8, 4) is 56.1 Å². The zero-order valence-corrected chi connectivity index (χ0v) is 31.5. The van der Waals surface area contributed by atoms with Crippen LogP contribution in [0.5, 0.6) is 0 Å². The van der Waals surface area contributed by atoms with Gasteiger partial charge in [0.1, 0.15) is 0 Å². The second-order valence-electron chi connectivity index (χ2n) is 14.9. The van der Waals surface area contributed by atoms with E-state index in [1.165, 1.54) is 71.6 Å². The number of pyridine rings is 1. The summed E-state index contributed by atoms with van der Waals surface area (Å²) >= 11 is 0. The highest BCUT2D eigenvalue weighted by Crippen LogP contribution is 2.39. The summed E-state index contributed by atoms with van der Waals surface area (Å²) in [6.45, 7) is 2.14. The number of nitrogens with zero attached hydrogens (tertiary/aromatic N) is 3. The van der Waals surface area contributed by atoms with Crippen LogP contribution in [0, 0.1) is 6.92 Å². The molecule has 0 saturated heterocycles. The third kappa shape index (κ3) is 5.63. The summed E-state index contributed by atoms with van der Waals surface area (Å²) in [6.07, 6.45) is 0. The molecule has 11 rings (SSSR count). The summed E-state index contributed by atoms with van der Waals surface area (Å²) in [6, 6.07) is 74.4. The van der Waals surface area contributed by atoms with Gasteiger partial charge >= 0.3 is 0 Å². The lowest BCUT2D eigenvalue weighted by Crippen LogP contribution is -1.95. The predicted molar refractivity (Wildman–Crippen MR) is 239 cm³/mol. The Bertz CT molecular complexity index is 3200. The van der Waals surface area contributed by atoms with E-state index in [1.54, 1.807) is 0 Å². The summed E-state index contributed by atoms with van der Waals surface area (Å²) in [5, 5.41) is 4.98. The van der Waals surface area contributed by atoms with Gasteiger partial charge in [0.05, 0.1) is 33.5 Å². The predicted octanol–water partition coefficient (Wildman–Crippen LogP) is 14.3. The quantitative estimate of drug-likeness (QED) is 0.167. The topological polar surface area (TPSA) is 22.8 Å². The number of rotatable bonds is 6. The number of aryl methyl sites for hydroxylation is 1. The molecule has 0 aliphatic rings. The molecule has 3 nitrogen and oxygen atoms in total. The van der Waals surface area contributed by atoms with Crippen molar-refractivity contribution in [2.75, 3.05) is 0 Å². The standard InChI is InChI=1S/C54H37N3/c1-36-20-26-43(27-21-36)56-52-19-11-9-17-46(52)48-32-40(25-31-53(48)56)41-24-30-47-45-16-8-10-18-51(45)57(54(47)35-41)44-28-22-39(23-29-44)50-34-42(37-12-4-2-5-13-37)33-49(55-50)38-14-6-3-7-15-38/h2-35H,1H3. The number of benzene rings is 8. The molecule has 268 valence electrons. The van der Waals surface area contributed by atoms with E-state index in [0.29, 0.717) is 0 Å². The molecule has 57 heavy (non-hydrogen) atoms. The van der Waals surface area contributed by atoms with E-state index in [2.05, 4.69) is 216 Å². The molecule has 0 atom stereocenters. The monoisotopic (exact) mass is 727 g/mol. The molecule has 11 aromatic rings. The van der Waals surface area contributed by atoms with E-state index in [4.69, 9.17) is 4.98 Å². The highest BCUT2D eigenvalue weighted by molar-refractivity contribution is 6.12. The van der Waals surface area contributed by atoms with Crippen molar-refractivity contribution in [1.29, 1.82) is 0 Å². The minimum absolute atomic E-state index is 0.949. The molecule has 3 heterocycles. The van der Waals surface area contributed by atoms with Gasteiger partial charge < -0.3 is 9.13 Å². The SMILES string of the molecule is Cc1ccc(-n2c3ccccc3c3cc(-c4ccc5c6ccccc6n(-c6ccc(-c7cc(-c8ccccc8)cc(-c8ccccc8)n7)cc6)c5c4)ccc32)cc1. The molecule has 0 saturated carbocycles. The zero-order valence-electron chi connectivity index (χ0n) is 31.5. The molecule has 0 aliphatic carbocycles. The summed E-state index contributed by atoms with van der Waals surface area (Å²) in [4.78, 5) is 5.19. The first-order valence-corrected chi connectivity index (χ1v) is 19.5. The third-order valence-corrected chi connectivity index (χ3v) is 11.4. The van der Waals surface area contributed by atoms with Crippen LogP contribution in [0.3, 0.4) is 0 Å². The van der Waals surface area contributed by atoms with E-state index in [-0.39, 0.29) is 0 Å². The molecular weight excluding hydrogens is 691 g/mol. The average Bonchev–Trinajstić information content (AvgIpc) is 3.79. The summed E-state index contributed by atoms with van der Waals surface area (Å²) in [5.41, 5.74) is 17.1. The van der Waals surface area contributed by atoms with Crippen LogP contribution >= 0.6 is 0 Å². The highest BCUT2D eigenvalue weighted by atomic mass is 15.0. The van der Waals surface area contributed by atoms with Crippen LogP contribution in [0.4, 0.5) is 0 Å². The van der Waals surface area contributed by atoms with Crippen molar-refractivity contribution in [3.05, 3.63) is 212 Å². The van der Waals surface area contributed by atoms with E-state index < -0.39 is 0 Å². The van der Waals surface area contributed by atoms with Gasteiger partial charge in [-0.05, 0) is 95.9 Å². The Labute approximate surface area is 331 Å². The summed E-state index contributed by atoms with van der Waals surface area (Å²) < 4.78 is 4.79. The maximum Gasteiger partial charge on any atom is 0.0715 e. The lowest BCUT2D eigenvalue weighted by atomic mass is 10.00. The second-order valence-corrected chi connectivity index (χ2v) is 14.9. The largest absolute Gasteiger partial charge is 0.309 e. The van der Waals surface area contributed by atoms with Crippen molar-refractivity contribution >= 4 is 43.6 Å². The number of hydrogen-bond donors (Lipinski definition) is 0. The van der Waals surface area contributed by atoms with Crippen LogP contribution in [0.1, 0.15) is 5.56 Å². The van der Waals surface area contributed by atoms with E-state index in [9.17, 15) is 0 Å². The van der Waals surface area contributed by atoms with Crippen LogP contribution in [0.15, 0.2) is 206 Å². The minimum Gasteiger partial charge on any atom is -0.309 e. The van der Waals surface area contributed by atoms with Crippen molar-refractivity contribution in [2.45, 2.75) is 6.92 Å². The second kappa shape index (κ2) is 13.4. The van der Waals surface area contributed by atoms with Gasteiger partial charge in [-0.1, -0.05) is 145 Å². The van der Waals surface area contributed by atoms with E-state index in [1.807, 2.05) is 6.07 Å². The smallest absolute Gasteiger partial charge is 0.0715 e. The number of hydrogen-bond acceptors (Lipinski definition) is 1. The maximum atomic E-state index is 5.19. The van der Waals surface area contributed by atoms with Gasteiger partial charge in [0.2, 0.25) is 0 Å². The molecule has 0 N–H and O–H groups in total. The first-order valence-electron chi connectivity index (χ1n) is 19.5. The molecule has 0 radical (unpaired) electrons. The fraction of sp³-hybridized carbons (Fsp3) is 0.0185. The van der Waals surface area contributed by atoms with Gasteiger partial charge in [-0.2, -0.15) is 0 Å². The van der Waals surface area contributed by atoms with Crippen molar-refractivity contribution in [3.63, 3.8) is 0 Å². The van der Waals surface area contributed by atoms with Crippen LogP contribution < -0.4 is 0 Å².